The summed E-state index contributed by atoms with van der Waals surface area (Å²) >= 11 is 0. The summed E-state index contributed by atoms with van der Waals surface area (Å²) in [6.07, 6.45) is -0.765. The highest BCUT2D eigenvalue weighted by molar-refractivity contribution is 5.83. The Labute approximate surface area is 162 Å². The van der Waals surface area contributed by atoms with Gasteiger partial charge in [-0.05, 0) is 20.8 Å². The van der Waals surface area contributed by atoms with E-state index in [0.29, 0.717) is 39.1 Å². The fourth-order valence-corrected chi connectivity index (χ4v) is 3.14. The third-order valence-electron chi connectivity index (χ3n) is 4.54. The average Bonchev–Trinajstić information content (AvgIpc) is 3.01. The molecule has 2 aliphatic heterocycles. The summed E-state index contributed by atoms with van der Waals surface area (Å²) in [5, 5.41) is 2.61. The molecule has 154 valence electrons. The fraction of sp³-hybridized carbons (Fsp3) is 0.579. The van der Waals surface area contributed by atoms with Crippen LogP contribution < -0.4 is 15.0 Å². The summed E-state index contributed by atoms with van der Waals surface area (Å²) in [5.74, 6) is -2.04. The van der Waals surface area contributed by atoms with Crippen molar-refractivity contribution in [3.05, 3.63) is 23.8 Å². The van der Waals surface area contributed by atoms with Crippen molar-refractivity contribution in [3.8, 4) is 5.75 Å². The minimum atomic E-state index is -0.853. The molecule has 0 saturated carbocycles. The highest BCUT2D eigenvalue weighted by Crippen LogP contribution is 2.30. The number of nitrogens with zero attached hydrogens (tertiary/aromatic N) is 2. The van der Waals surface area contributed by atoms with E-state index < -0.39 is 29.4 Å². The molecule has 0 bridgehead atoms. The van der Waals surface area contributed by atoms with Crippen LogP contribution in [0, 0.1) is 11.6 Å². The quantitative estimate of drug-likeness (QED) is 0.848. The van der Waals surface area contributed by atoms with Crippen molar-refractivity contribution in [2.75, 3.05) is 37.6 Å². The van der Waals surface area contributed by atoms with Crippen LogP contribution in [0.3, 0.4) is 0 Å². The van der Waals surface area contributed by atoms with Crippen LogP contribution in [0.5, 0.6) is 5.75 Å². The number of ether oxygens (including phenoxy) is 2. The minimum Gasteiger partial charge on any atom is -0.477 e. The van der Waals surface area contributed by atoms with Crippen molar-refractivity contribution >= 4 is 17.7 Å². The summed E-state index contributed by atoms with van der Waals surface area (Å²) in [4.78, 5) is 27.1. The van der Waals surface area contributed by atoms with Crippen molar-refractivity contribution in [2.24, 2.45) is 0 Å². The average molecular weight is 397 g/mol. The van der Waals surface area contributed by atoms with E-state index in [0.717, 1.165) is 6.07 Å². The van der Waals surface area contributed by atoms with E-state index in [2.05, 4.69) is 5.32 Å². The Bertz CT molecular complexity index is 758. The summed E-state index contributed by atoms with van der Waals surface area (Å²) in [5.41, 5.74) is -0.408. The number of anilines is 1. The van der Waals surface area contributed by atoms with Gasteiger partial charge in [-0.15, -0.1) is 0 Å². The zero-order chi connectivity index (χ0) is 20.5. The number of amides is 2. The van der Waals surface area contributed by atoms with Crippen molar-refractivity contribution in [1.82, 2.24) is 10.2 Å². The first-order valence-corrected chi connectivity index (χ1v) is 9.30. The molecule has 0 radical (unpaired) electrons. The summed E-state index contributed by atoms with van der Waals surface area (Å²) in [6.45, 7) is 7.28. The van der Waals surface area contributed by atoms with Crippen LogP contribution >= 0.6 is 0 Å². The molecule has 28 heavy (non-hydrogen) atoms. The molecule has 3 rings (SSSR count). The number of nitrogens with one attached hydrogen (secondary N) is 1. The summed E-state index contributed by atoms with van der Waals surface area (Å²) < 4.78 is 39.3. The first kappa shape index (κ1) is 20.2. The van der Waals surface area contributed by atoms with E-state index in [1.54, 1.807) is 30.6 Å². The highest BCUT2D eigenvalue weighted by Gasteiger charge is 2.30. The SMILES string of the molecule is CC(C)(C)OC(=O)N1CCN(c2cc(O[C@H]3CCNC3=O)c(F)cc2F)CC1. The van der Waals surface area contributed by atoms with Gasteiger partial charge in [0.25, 0.3) is 5.91 Å². The van der Waals surface area contributed by atoms with Crippen LogP contribution in [0.4, 0.5) is 19.3 Å². The second kappa shape index (κ2) is 7.81. The number of hydrogen-bond donors (Lipinski definition) is 1. The number of halogens is 2. The number of hydrogen-bond acceptors (Lipinski definition) is 5. The molecule has 2 heterocycles. The smallest absolute Gasteiger partial charge is 0.410 e. The Balaban J connectivity index is 1.68. The van der Waals surface area contributed by atoms with Crippen molar-refractivity contribution in [1.29, 1.82) is 0 Å². The van der Waals surface area contributed by atoms with Crippen LogP contribution in [0.1, 0.15) is 27.2 Å². The molecule has 0 spiro atoms. The Kier molecular flexibility index (Phi) is 5.62. The molecular formula is C19H25F2N3O4. The Morgan fingerprint density at radius 1 is 1.14 bits per heavy atom. The van der Waals surface area contributed by atoms with Crippen LogP contribution in [0.25, 0.3) is 0 Å². The lowest BCUT2D eigenvalue weighted by molar-refractivity contribution is -0.125. The van der Waals surface area contributed by atoms with Gasteiger partial charge in [-0.2, -0.15) is 0 Å². The van der Waals surface area contributed by atoms with E-state index in [4.69, 9.17) is 9.47 Å². The summed E-state index contributed by atoms with van der Waals surface area (Å²) in [7, 11) is 0. The van der Waals surface area contributed by atoms with E-state index in [9.17, 15) is 18.4 Å². The monoisotopic (exact) mass is 397 g/mol. The Morgan fingerprint density at radius 3 is 2.39 bits per heavy atom. The summed E-state index contributed by atoms with van der Waals surface area (Å²) in [6, 6.07) is 2.04. The largest absolute Gasteiger partial charge is 0.477 e. The van der Waals surface area contributed by atoms with Gasteiger partial charge in [0, 0.05) is 51.3 Å². The lowest BCUT2D eigenvalue weighted by Gasteiger charge is -2.37. The molecule has 1 N–H and O–H groups in total. The van der Waals surface area contributed by atoms with Crippen LogP contribution in [0.15, 0.2) is 12.1 Å². The molecule has 9 heteroatoms. The topological polar surface area (TPSA) is 71.1 Å². The van der Waals surface area contributed by atoms with Gasteiger partial charge in [0.1, 0.15) is 11.4 Å². The van der Waals surface area contributed by atoms with Gasteiger partial charge in [0.2, 0.25) is 0 Å². The number of piperazine rings is 1. The second-order valence-corrected chi connectivity index (χ2v) is 7.87. The minimum absolute atomic E-state index is 0.159. The van der Waals surface area contributed by atoms with Crippen LogP contribution in [-0.4, -0.2) is 61.3 Å². The molecule has 0 unspecified atom stereocenters. The molecule has 0 aliphatic carbocycles. The molecule has 0 aromatic heterocycles. The number of carbonyl (C=O) groups excluding carboxylic acids is 2. The lowest BCUT2D eigenvalue weighted by atomic mass is 10.2. The maximum atomic E-state index is 14.4. The molecule has 1 atom stereocenters. The zero-order valence-electron chi connectivity index (χ0n) is 16.3. The predicted octanol–water partition coefficient (Wildman–Crippen LogP) is 2.29. The molecular weight excluding hydrogens is 372 g/mol. The van der Waals surface area contributed by atoms with E-state index in [1.807, 2.05) is 0 Å². The Morgan fingerprint density at radius 2 is 1.82 bits per heavy atom. The van der Waals surface area contributed by atoms with Crippen molar-refractivity contribution < 1.29 is 27.8 Å². The van der Waals surface area contributed by atoms with Gasteiger partial charge in [0.05, 0.1) is 5.69 Å². The fourth-order valence-electron chi connectivity index (χ4n) is 3.14. The molecule has 7 nitrogen and oxygen atoms in total. The zero-order valence-corrected chi connectivity index (χ0v) is 16.3. The molecule has 1 aromatic rings. The first-order chi connectivity index (χ1) is 13.1. The van der Waals surface area contributed by atoms with E-state index in [1.165, 1.54) is 6.07 Å². The van der Waals surface area contributed by atoms with Crippen LogP contribution in [-0.2, 0) is 9.53 Å². The molecule has 2 saturated heterocycles. The van der Waals surface area contributed by atoms with Gasteiger partial charge < -0.3 is 24.6 Å². The molecule has 2 aliphatic rings. The Hall–Kier alpha value is -2.58. The van der Waals surface area contributed by atoms with E-state index >= 15 is 0 Å². The normalized spacial score (nSPS) is 20.2. The van der Waals surface area contributed by atoms with Gasteiger partial charge in [-0.25, -0.2) is 13.6 Å². The third-order valence-corrected chi connectivity index (χ3v) is 4.54. The maximum Gasteiger partial charge on any atom is 0.410 e. The second-order valence-electron chi connectivity index (χ2n) is 7.87. The van der Waals surface area contributed by atoms with Gasteiger partial charge >= 0.3 is 6.09 Å². The number of carbonyl (C=O) groups is 2. The van der Waals surface area contributed by atoms with Crippen molar-refractivity contribution in [3.63, 3.8) is 0 Å². The van der Waals surface area contributed by atoms with Crippen LogP contribution in [0.2, 0.25) is 0 Å². The maximum absolute atomic E-state index is 14.4. The highest BCUT2D eigenvalue weighted by atomic mass is 19.1. The molecule has 1 aromatic carbocycles. The standard InChI is InChI=1S/C19H25F2N3O4/c1-19(2,3)28-18(26)24-8-6-23(7-9-24)14-11-16(13(21)10-12(14)20)27-15-4-5-22-17(15)25/h10-11,15H,4-9H2,1-3H3,(H,22,25)/t15-/m0/s1. The number of rotatable bonds is 3. The molecule has 2 fully saturated rings. The predicted molar refractivity (Wildman–Crippen MR) is 98.4 cm³/mol. The van der Waals surface area contributed by atoms with Gasteiger partial charge in [-0.3, -0.25) is 4.79 Å². The lowest BCUT2D eigenvalue weighted by Crippen LogP contribution is -2.50. The van der Waals surface area contributed by atoms with E-state index in [-0.39, 0.29) is 17.3 Å². The van der Waals surface area contributed by atoms with Gasteiger partial charge in [-0.1, -0.05) is 0 Å². The third kappa shape index (κ3) is 4.63. The number of benzene rings is 1. The van der Waals surface area contributed by atoms with Gasteiger partial charge in [0.15, 0.2) is 17.7 Å². The first-order valence-electron chi connectivity index (χ1n) is 9.30. The molecule has 2 amide bonds. The van der Waals surface area contributed by atoms with Crippen molar-refractivity contribution in [2.45, 2.75) is 38.9 Å².